The van der Waals surface area contributed by atoms with Crippen LogP contribution in [0.25, 0.3) is 0 Å². The minimum Gasteiger partial charge on any atom is -0.371 e. The summed E-state index contributed by atoms with van der Waals surface area (Å²) >= 11 is 0. The van der Waals surface area contributed by atoms with Crippen LogP contribution in [0.3, 0.4) is 0 Å². The normalized spacial score (nSPS) is 22.6. The zero-order valence-corrected chi connectivity index (χ0v) is 16.0. The zero-order valence-electron chi connectivity index (χ0n) is 16.0. The van der Waals surface area contributed by atoms with E-state index in [4.69, 9.17) is 4.74 Å². The number of urea groups is 1. The van der Waals surface area contributed by atoms with Gasteiger partial charge in [0.05, 0.1) is 24.8 Å². The fourth-order valence-electron chi connectivity index (χ4n) is 4.17. The Hall–Kier alpha value is -1.59. The molecule has 5 heteroatoms. The third-order valence-corrected chi connectivity index (χ3v) is 5.55. The molecule has 0 aromatic heterocycles. The van der Waals surface area contributed by atoms with Crippen molar-refractivity contribution < 1.29 is 9.53 Å². The number of hydrogen-bond acceptors (Lipinski definition) is 3. The molecule has 5 nitrogen and oxygen atoms in total. The summed E-state index contributed by atoms with van der Waals surface area (Å²) in [6.45, 7) is 6.21. The van der Waals surface area contributed by atoms with Crippen LogP contribution in [0.4, 0.5) is 10.5 Å². The number of carbonyl (C=O) groups is 1. The van der Waals surface area contributed by atoms with E-state index in [0.29, 0.717) is 13.2 Å². The highest BCUT2D eigenvalue weighted by molar-refractivity contribution is 5.91. The molecule has 1 atom stereocenters. The summed E-state index contributed by atoms with van der Waals surface area (Å²) in [7, 11) is 4.09. The molecule has 0 radical (unpaired) electrons. The summed E-state index contributed by atoms with van der Waals surface area (Å²) in [6, 6.07) is 6.19. The van der Waals surface area contributed by atoms with Gasteiger partial charge in [-0.1, -0.05) is 31.0 Å². The molecule has 2 amide bonds. The van der Waals surface area contributed by atoms with Crippen LogP contribution in [0.15, 0.2) is 18.2 Å². The second-order valence-electron chi connectivity index (χ2n) is 7.94. The molecule has 2 fully saturated rings. The molecule has 1 spiro atoms. The average molecular weight is 345 g/mol. The molecule has 1 aromatic rings. The lowest BCUT2D eigenvalue weighted by Gasteiger charge is -2.46. The van der Waals surface area contributed by atoms with Crippen LogP contribution in [-0.4, -0.2) is 61.3 Å². The van der Waals surface area contributed by atoms with Crippen LogP contribution < -0.4 is 5.32 Å². The number of carbonyl (C=O) groups excluding carboxylic acids is 1. The number of morpholine rings is 1. The fourth-order valence-corrected chi connectivity index (χ4v) is 4.17. The van der Waals surface area contributed by atoms with E-state index in [-0.39, 0.29) is 17.7 Å². The van der Waals surface area contributed by atoms with Crippen molar-refractivity contribution in [1.29, 1.82) is 0 Å². The van der Waals surface area contributed by atoms with E-state index in [9.17, 15) is 4.79 Å². The molecule has 2 aliphatic rings. The first-order chi connectivity index (χ1) is 11.9. The first kappa shape index (κ1) is 18.2. The van der Waals surface area contributed by atoms with Gasteiger partial charge in [-0.15, -0.1) is 0 Å². The van der Waals surface area contributed by atoms with Crippen molar-refractivity contribution in [2.24, 2.45) is 0 Å². The van der Waals surface area contributed by atoms with Crippen molar-refractivity contribution in [3.63, 3.8) is 0 Å². The number of likely N-dealkylation sites (N-methyl/N-ethyl adjacent to an activating group) is 1. The second-order valence-corrected chi connectivity index (χ2v) is 7.94. The van der Waals surface area contributed by atoms with Gasteiger partial charge in [0, 0.05) is 12.2 Å². The van der Waals surface area contributed by atoms with Crippen LogP contribution in [0.5, 0.6) is 0 Å². The van der Waals surface area contributed by atoms with E-state index in [0.717, 1.165) is 36.2 Å². The molecule has 1 saturated carbocycles. The summed E-state index contributed by atoms with van der Waals surface area (Å²) in [5.74, 6) is 0. The quantitative estimate of drug-likeness (QED) is 0.913. The third kappa shape index (κ3) is 3.98. The van der Waals surface area contributed by atoms with Gasteiger partial charge < -0.3 is 19.9 Å². The molecule has 1 aliphatic carbocycles. The highest BCUT2D eigenvalue weighted by atomic mass is 16.5. The van der Waals surface area contributed by atoms with Crippen LogP contribution in [0.1, 0.15) is 36.8 Å². The first-order valence-electron chi connectivity index (χ1n) is 9.33. The smallest absolute Gasteiger partial charge is 0.322 e. The maximum Gasteiger partial charge on any atom is 0.322 e. The molecule has 1 heterocycles. The number of para-hydroxylation sites is 1. The summed E-state index contributed by atoms with van der Waals surface area (Å²) in [5, 5.41) is 3.17. The minimum atomic E-state index is -0.124. The number of amides is 2. The van der Waals surface area contributed by atoms with Crippen LogP contribution in [0.2, 0.25) is 0 Å². The summed E-state index contributed by atoms with van der Waals surface area (Å²) in [4.78, 5) is 17.3. The van der Waals surface area contributed by atoms with Gasteiger partial charge in [0.2, 0.25) is 0 Å². The number of nitrogens with zero attached hydrogens (tertiary/aromatic N) is 2. The third-order valence-electron chi connectivity index (χ3n) is 5.55. The summed E-state index contributed by atoms with van der Waals surface area (Å²) in [5.41, 5.74) is 3.01. The number of anilines is 1. The minimum absolute atomic E-state index is 0.00109. The molecule has 1 N–H and O–H groups in total. The number of hydrogen-bond donors (Lipinski definition) is 1. The molecule has 1 saturated heterocycles. The lowest BCUT2D eigenvalue weighted by Crippen LogP contribution is -2.60. The van der Waals surface area contributed by atoms with E-state index in [1.807, 2.05) is 51.0 Å². The van der Waals surface area contributed by atoms with Crippen molar-refractivity contribution in [3.8, 4) is 0 Å². The van der Waals surface area contributed by atoms with Crippen LogP contribution >= 0.6 is 0 Å². The van der Waals surface area contributed by atoms with Gasteiger partial charge in [-0.05, 0) is 51.9 Å². The fraction of sp³-hybridized carbons (Fsp3) is 0.650. The average Bonchev–Trinajstić information content (AvgIpc) is 3.00. The first-order valence-corrected chi connectivity index (χ1v) is 9.33. The van der Waals surface area contributed by atoms with Gasteiger partial charge >= 0.3 is 6.03 Å². The number of rotatable bonds is 3. The van der Waals surface area contributed by atoms with Crippen molar-refractivity contribution in [1.82, 2.24) is 9.80 Å². The zero-order chi connectivity index (χ0) is 18.0. The van der Waals surface area contributed by atoms with Crippen LogP contribution in [-0.2, 0) is 4.74 Å². The van der Waals surface area contributed by atoms with Gasteiger partial charge in [-0.25, -0.2) is 4.79 Å². The Labute approximate surface area is 151 Å². The Morgan fingerprint density at radius 2 is 1.92 bits per heavy atom. The largest absolute Gasteiger partial charge is 0.371 e. The predicted octanol–water partition coefficient (Wildman–Crippen LogP) is 3.41. The Morgan fingerprint density at radius 1 is 1.28 bits per heavy atom. The van der Waals surface area contributed by atoms with Crippen molar-refractivity contribution in [3.05, 3.63) is 29.3 Å². The molecule has 25 heavy (non-hydrogen) atoms. The van der Waals surface area contributed by atoms with E-state index in [1.54, 1.807) is 0 Å². The van der Waals surface area contributed by atoms with Crippen molar-refractivity contribution in [2.45, 2.75) is 51.2 Å². The molecular formula is C20H31N3O2. The molecular weight excluding hydrogens is 314 g/mol. The van der Waals surface area contributed by atoms with Gasteiger partial charge in [0.25, 0.3) is 0 Å². The van der Waals surface area contributed by atoms with E-state index in [1.165, 1.54) is 12.8 Å². The summed E-state index contributed by atoms with van der Waals surface area (Å²) in [6.07, 6.45) is 4.53. The molecule has 1 aliphatic heterocycles. The maximum absolute atomic E-state index is 13.1. The van der Waals surface area contributed by atoms with E-state index in [2.05, 4.69) is 10.2 Å². The van der Waals surface area contributed by atoms with E-state index >= 15 is 0 Å². The van der Waals surface area contributed by atoms with Crippen molar-refractivity contribution >= 4 is 11.7 Å². The standard InChI is InChI=1S/C20H31N3O2/c1-15-8-7-9-16(2)18(15)21-19(24)23-14-20(10-5-6-11-20)25-13-17(23)12-22(3)4/h7-9,17H,5-6,10-14H2,1-4H3,(H,21,24)/t17-/m0/s1. The van der Waals surface area contributed by atoms with Gasteiger partial charge in [0.15, 0.2) is 0 Å². The lowest BCUT2D eigenvalue weighted by atomic mass is 9.97. The Balaban J connectivity index is 1.79. The number of nitrogens with one attached hydrogen (secondary N) is 1. The molecule has 3 rings (SSSR count). The van der Waals surface area contributed by atoms with Gasteiger partial charge in [-0.2, -0.15) is 0 Å². The monoisotopic (exact) mass is 345 g/mol. The number of aryl methyl sites for hydroxylation is 2. The van der Waals surface area contributed by atoms with Gasteiger partial charge in [0.1, 0.15) is 0 Å². The summed E-state index contributed by atoms with van der Waals surface area (Å²) < 4.78 is 6.27. The van der Waals surface area contributed by atoms with Crippen LogP contribution in [0, 0.1) is 13.8 Å². The second kappa shape index (κ2) is 7.34. The molecule has 0 unspecified atom stereocenters. The maximum atomic E-state index is 13.1. The topological polar surface area (TPSA) is 44.8 Å². The predicted molar refractivity (Wildman–Crippen MR) is 101 cm³/mol. The number of ether oxygens (including phenoxy) is 1. The molecule has 0 bridgehead atoms. The Morgan fingerprint density at radius 3 is 2.52 bits per heavy atom. The highest BCUT2D eigenvalue weighted by Gasteiger charge is 2.44. The molecule has 1 aromatic carbocycles. The lowest BCUT2D eigenvalue weighted by molar-refractivity contribution is -0.118. The highest BCUT2D eigenvalue weighted by Crippen LogP contribution is 2.37. The Bertz CT molecular complexity index is 603. The van der Waals surface area contributed by atoms with Crippen molar-refractivity contribution in [2.75, 3.05) is 39.1 Å². The Kier molecular flexibility index (Phi) is 5.35. The van der Waals surface area contributed by atoms with Gasteiger partial charge in [-0.3, -0.25) is 0 Å². The SMILES string of the molecule is Cc1cccc(C)c1NC(=O)N1CC2(CCCC2)OC[C@@H]1CN(C)C. The molecule has 138 valence electrons. The van der Waals surface area contributed by atoms with E-state index < -0.39 is 0 Å². The number of benzene rings is 1.